The summed E-state index contributed by atoms with van der Waals surface area (Å²) in [5, 5.41) is 7.00. The Balaban J connectivity index is 2.26. The third-order valence-electron chi connectivity index (χ3n) is 2.05. The third-order valence-corrected chi connectivity index (χ3v) is 2.05. The first-order chi connectivity index (χ1) is 4.33. The van der Waals surface area contributed by atoms with Crippen LogP contribution in [-0.2, 0) is 0 Å². The Bertz CT molecular complexity index is 93.1. The molecule has 0 amide bonds. The molecule has 9 heavy (non-hydrogen) atoms. The largest absolute Gasteiger partial charge is 0.328 e. The molecule has 3 N–H and O–H groups in total. The summed E-state index contributed by atoms with van der Waals surface area (Å²) in [5.74, 6) is 0.532. The van der Waals surface area contributed by atoms with Gasteiger partial charge in [0.1, 0.15) is 0 Å². The Morgan fingerprint density at radius 2 is 1.78 bits per heavy atom. The van der Waals surface area contributed by atoms with Gasteiger partial charge in [0.25, 0.3) is 0 Å². The molecular formula is C7H14N2. The van der Waals surface area contributed by atoms with Crippen molar-refractivity contribution in [2.75, 3.05) is 0 Å². The van der Waals surface area contributed by atoms with E-state index in [1.54, 1.807) is 6.21 Å². The van der Waals surface area contributed by atoms with Gasteiger partial charge in [-0.2, -0.15) is 0 Å². The monoisotopic (exact) mass is 126 g/mol. The maximum absolute atomic E-state index is 7.00. The lowest BCUT2D eigenvalue weighted by Crippen LogP contribution is -2.26. The Morgan fingerprint density at radius 3 is 2.22 bits per heavy atom. The summed E-state index contributed by atoms with van der Waals surface area (Å²) in [6.07, 6.45) is 6.04. The van der Waals surface area contributed by atoms with Crippen molar-refractivity contribution >= 4 is 6.21 Å². The summed E-state index contributed by atoms with van der Waals surface area (Å²) in [7, 11) is 0. The molecule has 0 saturated heterocycles. The van der Waals surface area contributed by atoms with Gasteiger partial charge < -0.3 is 11.1 Å². The highest BCUT2D eigenvalue weighted by Crippen LogP contribution is 2.20. The highest BCUT2D eigenvalue weighted by molar-refractivity contribution is 5.56. The van der Waals surface area contributed by atoms with Crippen LogP contribution in [0.2, 0.25) is 0 Å². The van der Waals surface area contributed by atoms with E-state index < -0.39 is 0 Å². The number of nitrogens with one attached hydrogen (secondary N) is 1. The van der Waals surface area contributed by atoms with Crippen LogP contribution in [0.15, 0.2) is 0 Å². The fourth-order valence-electron chi connectivity index (χ4n) is 1.31. The summed E-state index contributed by atoms with van der Waals surface area (Å²) in [6.45, 7) is 0. The van der Waals surface area contributed by atoms with E-state index in [0.717, 1.165) is 25.7 Å². The van der Waals surface area contributed by atoms with E-state index in [9.17, 15) is 0 Å². The highest BCUT2D eigenvalue weighted by Gasteiger charge is 2.15. The minimum atomic E-state index is 0.418. The van der Waals surface area contributed by atoms with E-state index in [1.807, 2.05) is 0 Å². The summed E-state index contributed by atoms with van der Waals surface area (Å²) < 4.78 is 0. The molecular weight excluding hydrogens is 112 g/mol. The van der Waals surface area contributed by atoms with E-state index in [0.29, 0.717) is 12.0 Å². The first-order valence-corrected chi connectivity index (χ1v) is 3.59. The molecule has 2 heteroatoms. The van der Waals surface area contributed by atoms with E-state index in [2.05, 4.69) is 0 Å². The molecule has 2 nitrogen and oxygen atoms in total. The van der Waals surface area contributed by atoms with E-state index in [-0.39, 0.29) is 0 Å². The van der Waals surface area contributed by atoms with Crippen LogP contribution in [0.5, 0.6) is 0 Å². The lowest BCUT2D eigenvalue weighted by molar-refractivity contribution is 0.395. The van der Waals surface area contributed by atoms with Crippen LogP contribution in [0.25, 0.3) is 0 Å². The van der Waals surface area contributed by atoms with Gasteiger partial charge in [-0.05, 0) is 37.8 Å². The van der Waals surface area contributed by atoms with Gasteiger partial charge in [0.15, 0.2) is 0 Å². The van der Waals surface area contributed by atoms with Gasteiger partial charge in [0.2, 0.25) is 0 Å². The fourth-order valence-corrected chi connectivity index (χ4v) is 1.31. The summed E-state index contributed by atoms with van der Waals surface area (Å²) in [4.78, 5) is 0. The van der Waals surface area contributed by atoms with Crippen LogP contribution < -0.4 is 5.73 Å². The molecule has 0 bridgehead atoms. The normalized spacial score (nSPS) is 36.1. The topological polar surface area (TPSA) is 49.9 Å². The van der Waals surface area contributed by atoms with Crippen molar-refractivity contribution in [1.29, 1.82) is 5.41 Å². The van der Waals surface area contributed by atoms with Crippen LogP contribution in [0.1, 0.15) is 25.7 Å². The van der Waals surface area contributed by atoms with Crippen molar-refractivity contribution in [3.05, 3.63) is 0 Å². The van der Waals surface area contributed by atoms with Crippen molar-refractivity contribution in [3.63, 3.8) is 0 Å². The second kappa shape index (κ2) is 2.97. The van der Waals surface area contributed by atoms with Gasteiger partial charge in [0.05, 0.1) is 0 Å². The molecule has 0 aromatic rings. The van der Waals surface area contributed by atoms with Crippen LogP contribution in [-0.4, -0.2) is 12.3 Å². The van der Waals surface area contributed by atoms with Crippen molar-refractivity contribution in [1.82, 2.24) is 0 Å². The molecule has 1 saturated carbocycles. The minimum Gasteiger partial charge on any atom is -0.328 e. The fraction of sp³-hybridized carbons (Fsp3) is 0.857. The molecule has 0 atom stereocenters. The average Bonchev–Trinajstić information content (AvgIpc) is 1.90. The molecule has 0 heterocycles. The molecule has 1 rings (SSSR count). The minimum absolute atomic E-state index is 0.418. The molecule has 1 aliphatic rings. The van der Waals surface area contributed by atoms with E-state index in [1.165, 1.54) is 0 Å². The van der Waals surface area contributed by atoms with E-state index >= 15 is 0 Å². The average molecular weight is 126 g/mol. The maximum atomic E-state index is 7.00. The first kappa shape index (κ1) is 6.75. The smallest absolute Gasteiger partial charge is 0.00392 e. The predicted molar refractivity (Wildman–Crippen MR) is 38.7 cm³/mol. The van der Waals surface area contributed by atoms with Crippen LogP contribution >= 0.6 is 0 Å². The Hall–Kier alpha value is -0.370. The SMILES string of the molecule is N=CC1CCC(N)CC1. The Labute approximate surface area is 55.9 Å². The standard InChI is InChI=1S/C7H14N2/c8-5-6-1-3-7(9)4-2-6/h5-8H,1-4,9H2. The summed E-state index contributed by atoms with van der Waals surface area (Å²) in [5.41, 5.74) is 5.68. The van der Waals surface area contributed by atoms with Crippen molar-refractivity contribution in [2.45, 2.75) is 31.7 Å². The summed E-state index contributed by atoms with van der Waals surface area (Å²) in [6, 6.07) is 0.418. The molecule has 0 unspecified atom stereocenters. The lowest BCUT2D eigenvalue weighted by Gasteiger charge is -2.22. The molecule has 0 spiro atoms. The molecule has 0 aromatic heterocycles. The first-order valence-electron chi connectivity index (χ1n) is 3.59. The van der Waals surface area contributed by atoms with Gasteiger partial charge >= 0.3 is 0 Å². The summed E-state index contributed by atoms with van der Waals surface area (Å²) >= 11 is 0. The van der Waals surface area contributed by atoms with Gasteiger partial charge in [-0.25, -0.2) is 0 Å². The van der Waals surface area contributed by atoms with Crippen molar-refractivity contribution in [3.8, 4) is 0 Å². The molecule has 1 aliphatic carbocycles. The van der Waals surface area contributed by atoms with Crippen molar-refractivity contribution in [2.24, 2.45) is 11.7 Å². The Kier molecular flexibility index (Phi) is 2.22. The van der Waals surface area contributed by atoms with Gasteiger partial charge in [-0.15, -0.1) is 0 Å². The number of hydrogen-bond acceptors (Lipinski definition) is 2. The third kappa shape index (κ3) is 1.79. The lowest BCUT2D eigenvalue weighted by atomic mass is 9.87. The Morgan fingerprint density at radius 1 is 1.22 bits per heavy atom. The molecule has 1 fully saturated rings. The molecule has 0 aromatic carbocycles. The predicted octanol–water partition coefficient (Wildman–Crippen LogP) is 1.15. The molecule has 52 valence electrons. The molecule has 0 aliphatic heterocycles. The zero-order valence-electron chi connectivity index (χ0n) is 5.64. The molecule has 0 radical (unpaired) electrons. The van der Waals surface area contributed by atoms with Gasteiger partial charge in [0, 0.05) is 6.04 Å². The number of rotatable bonds is 1. The van der Waals surface area contributed by atoms with Crippen LogP contribution in [0, 0.1) is 11.3 Å². The second-order valence-electron chi connectivity index (χ2n) is 2.84. The quantitative estimate of drug-likeness (QED) is 0.509. The number of nitrogens with two attached hydrogens (primary N) is 1. The zero-order valence-corrected chi connectivity index (χ0v) is 5.64. The highest BCUT2D eigenvalue weighted by atomic mass is 14.6. The second-order valence-corrected chi connectivity index (χ2v) is 2.84. The maximum Gasteiger partial charge on any atom is 0.00392 e. The van der Waals surface area contributed by atoms with Gasteiger partial charge in [-0.3, -0.25) is 0 Å². The van der Waals surface area contributed by atoms with E-state index in [4.69, 9.17) is 11.1 Å². The van der Waals surface area contributed by atoms with Crippen LogP contribution in [0.3, 0.4) is 0 Å². The number of hydrogen-bond donors (Lipinski definition) is 2. The van der Waals surface area contributed by atoms with Gasteiger partial charge in [-0.1, -0.05) is 0 Å². The van der Waals surface area contributed by atoms with Crippen LogP contribution in [0.4, 0.5) is 0 Å². The van der Waals surface area contributed by atoms with Crippen molar-refractivity contribution < 1.29 is 0 Å². The zero-order chi connectivity index (χ0) is 6.69.